The molecule has 2 N–H and O–H groups in total. The van der Waals surface area contributed by atoms with Gasteiger partial charge in [-0.3, -0.25) is 4.79 Å². The van der Waals surface area contributed by atoms with Crippen molar-refractivity contribution in [3.05, 3.63) is 29.6 Å². The highest BCUT2D eigenvalue weighted by molar-refractivity contribution is 5.79. The molecule has 0 unspecified atom stereocenters. The molecule has 1 aromatic carbocycles. The fourth-order valence-electron chi connectivity index (χ4n) is 2.82. The second kappa shape index (κ2) is 5.03. The van der Waals surface area contributed by atoms with Gasteiger partial charge in [0.05, 0.1) is 11.0 Å². The van der Waals surface area contributed by atoms with Crippen LogP contribution < -0.4 is 5.32 Å². The molecular formula is C15H19N3O. The number of nitrogens with one attached hydrogen (secondary N) is 2. The van der Waals surface area contributed by atoms with E-state index in [2.05, 4.69) is 21.4 Å². The van der Waals surface area contributed by atoms with Gasteiger partial charge in [-0.25, -0.2) is 4.98 Å². The third-order valence-corrected chi connectivity index (χ3v) is 3.86. The zero-order valence-corrected chi connectivity index (χ0v) is 11.2. The van der Waals surface area contributed by atoms with Gasteiger partial charge >= 0.3 is 0 Å². The minimum atomic E-state index is 0.207. The Kier molecular flexibility index (Phi) is 3.23. The fraction of sp³-hybridized carbons (Fsp3) is 0.467. The maximum Gasteiger partial charge on any atom is 0.223 e. The third kappa shape index (κ3) is 2.62. The SMILES string of the molecule is Cc1nc2ccc(CNC(=O)C3CCCC3)cc2[nH]1. The van der Waals surface area contributed by atoms with Crippen LogP contribution in [0.25, 0.3) is 11.0 Å². The van der Waals surface area contributed by atoms with Crippen LogP contribution in [-0.2, 0) is 11.3 Å². The summed E-state index contributed by atoms with van der Waals surface area (Å²) in [5.41, 5.74) is 3.12. The van der Waals surface area contributed by atoms with Crippen LogP contribution in [0.2, 0.25) is 0 Å². The van der Waals surface area contributed by atoms with Gasteiger partial charge in [-0.2, -0.15) is 0 Å². The van der Waals surface area contributed by atoms with E-state index >= 15 is 0 Å². The van der Waals surface area contributed by atoms with Crippen molar-refractivity contribution in [1.29, 1.82) is 0 Å². The molecule has 0 radical (unpaired) electrons. The Morgan fingerprint density at radius 3 is 3.00 bits per heavy atom. The van der Waals surface area contributed by atoms with E-state index in [0.717, 1.165) is 35.3 Å². The highest BCUT2D eigenvalue weighted by Gasteiger charge is 2.22. The highest BCUT2D eigenvalue weighted by atomic mass is 16.1. The number of nitrogens with zero attached hydrogens (tertiary/aromatic N) is 1. The number of amides is 1. The Morgan fingerprint density at radius 1 is 1.42 bits per heavy atom. The van der Waals surface area contributed by atoms with Gasteiger partial charge in [0.2, 0.25) is 5.91 Å². The van der Waals surface area contributed by atoms with Crippen LogP contribution in [0, 0.1) is 12.8 Å². The highest BCUT2D eigenvalue weighted by Crippen LogP contribution is 2.24. The zero-order chi connectivity index (χ0) is 13.2. The summed E-state index contributed by atoms with van der Waals surface area (Å²) in [7, 11) is 0. The lowest BCUT2D eigenvalue weighted by Crippen LogP contribution is -2.28. The van der Waals surface area contributed by atoms with Crippen LogP contribution in [0.4, 0.5) is 0 Å². The molecule has 3 rings (SSSR count). The van der Waals surface area contributed by atoms with Crippen molar-refractivity contribution in [3.8, 4) is 0 Å². The second-order valence-corrected chi connectivity index (χ2v) is 5.37. The van der Waals surface area contributed by atoms with Crippen molar-refractivity contribution in [1.82, 2.24) is 15.3 Å². The average molecular weight is 257 g/mol. The van der Waals surface area contributed by atoms with E-state index in [0.29, 0.717) is 6.54 Å². The first kappa shape index (κ1) is 12.2. The second-order valence-electron chi connectivity index (χ2n) is 5.37. The summed E-state index contributed by atoms with van der Waals surface area (Å²) < 4.78 is 0. The summed E-state index contributed by atoms with van der Waals surface area (Å²) in [4.78, 5) is 19.5. The molecule has 4 heteroatoms. The number of hydrogen-bond acceptors (Lipinski definition) is 2. The maximum absolute atomic E-state index is 12.0. The van der Waals surface area contributed by atoms with Gasteiger partial charge in [-0.1, -0.05) is 18.9 Å². The molecular weight excluding hydrogens is 238 g/mol. The molecule has 100 valence electrons. The van der Waals surface area contributed by atoms with Gasteiger partial charge in [-0.05, 0) is 37.5 Å². The summed E-state index contributed by atoms with van der Waals surface area (Å²) in [5.74, 6) is 1.36. The first-order chi connectivity index (χ1) is 9.22. The Morgan fingerprint density at radius 2 is 2.21 bits per heavy atom. The minimum absolute atomic E-state index is 0.207. The fourth-order valence-corrected chi connectivity index (χ4v) is 2.82. The van der Waals surface area contributed by atoms with E-state index in [1.165, 1.54) is 12.8 Å². The quantitative estimate of drug-likeness (QED) is 0.888. The molecule has 19 heavy (non-hydrogen) atoms. The topological polar surface area (TPSA) is 57.8 Å². The van der Waals surface area contributed by atoms with Crippen LogP contribution >= 0.6 is 0 Å². The Labute approximate surface area is 112 Å². The van der Waals surface area contributed by atoms with E-state index in [1.807, 2.05) is 19.1 Å². The van der Waals surface area contributed by atoms with Crippen molar-refractivity contribution < 1.29 is 4.79 Å². The van der Waals surface area contributed by atoms with E-state index < -0.39 is 0 Å². The van der Waals surface area contributed by atoms with Crippen LogP contribution in [0.15, 0.2) is 18.2 Å². The predicted molar refractivity (Wildman–Crippen MR) is 74.6 cm³/mol. The van der Waals surface area contributed by atoms with Crippen LogP contribution in [0.5, 0.6) is 0 Å². The number of rotatable bonds is 3. The number of carbonyl (C=O) groups is 1. The zero-order valence-electron chi connectivity index (χ0n) is 11.2. The molecule has 0 bridgehead atoms. The number of imidazole rings is 1. The number of H-pyrrole nitrogens is 1. The summed E-state index contributed by atoms with van der Waals surface area (Å²) >= 11 is 0. The van der Waals surface area contributed by atoms with Crippen molar-refractivity contribution in [2.45, 2.75) is 39.2 Å². The van der Waals surface area contributed by atoms with Crippen LogP contribution in [-0.4, -0.2) is 15.9 Å². The molecule has 1 fully saturated rings. The molecule has 1 aromatic heterocycles. The van der Waals surface area contributed by atoms with Gasteiger partial charge in [0.15, 0.2) is 0 Å². The van der Waals surface area contributed by atoms with Gasteiger partial charge in [0, 0.05) is 12.5 Å². The maximum atomic E-state index is 12.0. The van der Waals surface area contributed by atoms with Crippen LogP contribution in [0.1, 0.15) is 37.1 Å². The summed E-state index contributed by atoms with van der Waals surface area (Å²) in [6.45, 7) is 2.55. The molecule has 2 aromatic rings. The molecule has 1 aliphatic rings. The molecule has 0 spiro atoms. The number of carbonyl (C=O) groups excluding carboxylic acids is 1. The molecule has 0 aliphatic heterocycles. The monoisotopic (exact) mass is 257 g/mol. The van der Waals surface area contributed by atoms with Crippen molar-refractivity contribution in [2.24, 2.45) is 5.92 Å². The Hall–Kier alpha value is -1.84. The van der Waals surface area contributed by atoms with Crippen molar-refractivity contribution in [3.63, 3.8) is 0 Å². The molecule has 0 saturated heterocycles. The molecule has 4 nitrogen and oxygen atoms in total. The number of aromatic amines is 1. The number of fused-ring (bicyclic) bond motifs is 1. The largest absolute Gasteiger partial charge is 0.352 e. The lowest BCUT2D eigenvalue weighted by atomic mass is 10.1. The Bertz CT molecular complexity index is 596. The van der Waals surface area contributed by atoms with Gasteiger partial charge in [0.1, 0.15) is 5.82 Å². The number of aromatic nitrogens is 2. The van der Waals surface area contributed by atoms with E-state index in [4.69, 9.17) is 0 Å². The summed E-state index contributed by atoms with van der Waals surface area (Å²) in [5, 5.41) is 3.04. The first-order valence-electron chi connectivity index (χ1n) is 6.95. The predicted octanol–water partition coefficient (Wildman–Crippen LogP) is 2.68. The number of aryl methyl sites for hydroxylation is 1. The van der Waals surface area contributed by atoms with Crippen LogP contribution in [0.3, 0.4) is 0 Å². The average Bonchev–Trinajstić information content (AvgIpc) is 3.03. The number of hydrogen-bond donors (Lipinski definition) is 2. The smallest absolute Gasteiger partial charge is 0.223 e. The standard InChI is InChI=1S/C15H19N3O/c1-10-17-13-7-6-11(8-14(13)18-10)9-16-15(19)12-4-2-3-5-12/h6-8,12H,2-5,9H2,1H3,(H,16,19)(H,17,18). The van der Waals surface area contributed by atoms with E-state index in [1.54, 1.807) is 0 Å². The van der Waals surface area contributed by atoms with Gasteiger partial charge in [0.25, 0.3) is 0 Å². The lowest BCUT2D eigenvalue weighted by Gasteiger charge is -2.10. The van der Waals surface area contributed by atoms with Gasteiger partial charge < -0.3 is 10.3 Å². The van der Waals surface area contributed by atoms with Crippen molar-refractivity contribution in [2.75, 3.05) is 0 Å². The van der Waals surface area contributed by atoms with Gasteiger partial charge in [-0.15, -0.1) is 0 Å². The van der Waals surface area contributed by atoms with E-state index in [9.17, 15) is 4.79 Å². The molecule has 1 aliphatic carbocycles. The third-order valence-electron chi connectivity index (χ3n) is 3.86. The molecule has 1 heterocycles. The number of benzene rings is 1. The van der Waals surface area contributed by atoms with E-state index in [-0.39, 0.29) is 11.8 Å². The normalized spacial score (nSPS) is 16.1. The van der Waals surface area contributed by atoms with Crippen molar-refractivity contribution >= 4 is 16.9 Å². The molecule has 0 atom stereocenters. The summed E-state index contributed by atoms with van der Waals surface area (Å²) in [6.07, 6.45) is 4.48. The minimum Gasteiger partial charge on any atom is -0.352 e. The first-order valence-corrected chi connectivity index (χ1v) is 6.95. The Balaban J connectivity index is 1.65. The molecule has 1 amide bonds. The molecule has 1 saturated carbocycles. The summed E-state index contributed by atoms with van der Waals surface area (Å²) in [6, 6.07) is 6.08. The lowest BCUT2D eigenvalue weighted by molar-refractivity contribution is -0.124.